The molecule has 2 N–H and O–H groups in total. The van der Waals surface area contributed by atoms with Gasteiger partial charge in [0.15, 0.2) is 0 Å². The van der Waals surface area contributed by atoms with Crippen LogP contribution in [0.2, 0.25) is 0 Å². The van der Waals surface area contributed by atoms with Gasteiger partial charge in [0.05, 0.1) is 12.6 Å². The van der Waals surface area contributed by atoms with Gasteiger partial charge in [-0.3, -0.25) is 9.69 Å². The second kappa shape index (κ2) is 8.53. The smallest absolute Gasteiger partial charge is 0.234 e. The molecule has 0 aromatic heterocycles. The van der Waals surface area contributed by atoms with Crippen molar-refractivity contribution in [3.05, 3.63) is 0 Å². The minimum Gasteiger partial charge on any atom is -0.393 e. The largest absolute Gasteiger partial charge is 0.393 e. The Bertz CT molecular complexity index is 195. The molecule has 2 unspecified atom stereocenters. The predicted octanol–water partition coefficient (Wildman–Crippen LogP) is 0.994. The third-order valence-corrected chi connectivity index (χ3v) is 2.47. The highest BCUT2D eigenvalue weighted by atomic mass is 16.3. The number of carbonyl (C=O) groups is 1. The van der Waals surface area contributed by atoms with E-state index < -0.39 is 0 Å². The Balaban J connectivity index is 3.69. The predicted molar refractivity (Wildman–Crippen MR) is 66.3 cm³/mol. The van der Waals surface area contributed by atoms with E-state index in [1.165, 1.54) is 0 Å². The molecule has 1 amide bonds. The van der Waals surface area contributed by atoms with Crippen LogP contribution >= 0.6 is 0 Å². The van der Waals surface area contributed by atoms with E-state index in [2.05, 4.69) is 12.2 Å². The maximum atomic E-state index is 11.6. The van der Waals surface area contributed by atoms with Gasteiger partial charge in [-0.1, -0.05) is 13.3 Å². The molecule has 0 radical (unpaired) electrons. The molecule has 0 aliphatic heterocycles. The Hall–Kier alpha value is -0.610. The molecular formula is C12H26N2O2. The van der Waals surface area contributed by atoms with Gasteiger partial charge < -0.3 is 10.4 Å². The van der Waals surface area contributed by atoms with Crippen LogP contribution in [0.4, 0.5) is 0 Å². The van der Waals surface area contributed by atoms with Crippen LogP contribution in [0.25, 0.3) is 0 Å². The molecule has 0 saturated carbocycles. The standard InChI is InChI=1S/C12H26N2O2/c1-5-6-10(2)13-12(16)9-14(4)8-7-11(3)15/h10-11,15H,5-9H2,1-4H3,(H,13,16). The van der Waals surface area contributed by atoms with Crippen molar-refractivity contribution in [1.29, 1.82) is 0 Å². The second-order valence-corrected chi connectivity index (χ2v) is 4.63. The van der Waals surface area contributed by atoms with Gasteiger partial charge in [-0.25, -0.2) is 0 Å². The fourth-order valence-corrected chi connectivity index (χ4v) is 1.56. The van der Waals surface area contributed by atoms with Crippen molar-refractivity contribution in [2.24, 2.45) is 0 Å². The number of hydrogen-bond acceptors (Lipinski definition) is 3. The monoisotopic (exact) mass is 230 g/mol. The van der Waals surface area contributed by atoms with Gasteiger partial charge in [-0.2, -0.15) is 0 Å². The van der Waals surface area contributed by atoms with E-state index >= 15 is 0 Å². The quantitative estimate of drug-likeness (QED) is 0.654. The van der Waals surface area contributed by atoms with Gasteiger partial charge in [0.1, 0.15) is 0 Å². The van der Waals surface area contributed by atoms with Crippen LogP contribution in [-0.4, -0.2) is 48.2 Å². The highest BCUT2D eigenvalue weighted by molar-refractivity contribution is 5.78. The second-order valence-electron chi connectivity index (χ2n) is 4.63. The summed E-state index contributed by atoms with van der Waals surface area (Å²) >= 11 is 0. The van der Waals surface area contributed by atoms with Gasteiger partial charge in [0.2, 0.25) is 5.91 Å². The summed E-state index contributed by atoms with van der Waals surface area (Å²) in [6, 6.07) is 0.252. The number of aliphatic hydroxyl groups is 1. The first-order valence-electron chi connectivity index (χ1n) is 6.11. The van der Waals surface area contributed by atoms with Crippen LogP contribution < -0.4 is 5.32 Å². The molecule has 0 aromatic rings. The maximum Gasteiger partial charge on any atom is 0.234 e. The number of likely N-dealkylation sites (N-methyl/N-ethyl adjacent to an activating group) is 1. The Labute approximate surface area is 99.0 Å². The molecule has 96 valence electrons. The van der Waals surface area contributed by atoms with E-state index in [-0.39, 0.29) is 18.1 Å². The number of carbonyl (C=O) groups excluding carboxylic acids is 1. The zero-order valence-electron chi connectivity index (χ0n) is 11.0. The van der Waals surface area contributed by atoms with Crippen LogP contribution in [0, 0.1) is 0 Å². The molecule has 2 atom stereocenters. The van der Waals surface area contributed by atoms with Gasteiger partial charge in [-0.15, -0.1) is 0 Å². The zero-order valence-corrected chi connectivity index (χ0v) is 11.0. The Morgan fingerprint density at radius 3 is 2.50 bits per heavy atom. The van der Waals surface area contributed by atoms with Gasteiger partial charge >= 0.3 is 0 Å². The number of rotatable bonds is 8. The lowest BCUT2D eigenvalue weighted by Crippen LogP contribution is -2.40. The van der Waals surface area contributed by atoms with E-state index in [4.69, 9.17) is 5.11 Å². The molecule has 0 rings (SSSR count). The van der Waals surface area contributed by atoms with E-state index in [1.54, 1.807) is 6.92 Å². The molecule has 0 heterocycles. The molecule has 16 heavy (non-hydrogen) atoms. The van der Waals surface area contributed by atoms with Crippen LogP contribution in [0.15, 0.2) is 0 Å². The Morgan fingerprint density at radius 1 is 1.38 bits per heavy atom. The van der Waals surface area contributed by atoms with Gasteiger partial charge in [0.25, 0.3) is 0 Å². The number of aliphatic hydroxyl groups excluding tert-OH is 1. The lowest BCUT2D eigenvalue weighted by atomic mass is 10.2. The first kappa shape index (κ1) is 15.4. The first-order valence-corrected chi connectivity index (χ1v) is 6.11. The Kier molecular flexibility index (Phi) is 8.21. The maximum absolute atomic E-state index is 11.6. The van der Waals surface area contributed by atoms with Crippen LogP contribution in [0.1, 0.15) is 40.0 Å². The van der Waals surface area contributed by atoms with Crippen molar-refractivity contribution in [3.8, 4) is 0 Å². The number of hydrogen-bond donors (Lipinski definition) is 2. The van der Waals surface area contributed by atoms with E-state index in [0.717, 1.165) is 19.4 Å². The summed E-state index contributed by atoms with van der Waals surface area (Å²) in [4.78, 5) is 13.5. The van der Waals surface area contributed by atoms with E-state index in [0.29, 0.717) is 13.0 Å². The van der Waals surface area contributed by atoms with Gasteiger partial charge in [-0.05, 0) is 33.7 Å². The molecule has 0 aromatic carbocycles. The molecule has 0 bridgehead atoms. The highest BCUT2D eigenvalue weighted by Crippen LogP contribution is 1.96. The van der Waals surface area contributed by atoms with Crippen molar-refractivity contribution in [3.63, 3.8) is 0 Å². The van der Waals surface area contributed by atoms with Crippen LogP contribution in [-0.2, 0) is 4.79 Å². The summed E-state index contributed by atoms with van der Waals surface area (Å²) in [6.07, 6.45) is 2.50. The molecule has 0 aliphatic carbocycles. The third kappa shape index (κ3) is 8.68. The average Bonchev–Trinajstić information content (AvgIpc) is 2.14. The summed E-state index contributed by atoms with van der Waals surface area (Å²) in [5.41, 5.74) is 0. The van der Waals surface area contributed by atoms with Crippen LogP contribution in [0.3, 0.4) is 0 Å². The molecule has 0 spiro atoms. The number of nitrogens with one attached hydrogen (secondary N) is 1. The number of nitrogens with zero attached hydrogens (tertiary/aromatic N) is 1. The molecule has 0 aliphatic rings. The molecule has 4 nitrogen and oxygen atoms in total. The fourth-order valence-electron chi connectivity index (χ4n) is 1.56. The summed E-state index contributed by atoms with van der Waals surface area (Å²) in [5.74, 6) is 0.0639. The third-order valence-electron chi connectivity index (χ3n) is 2.47. The van der Waals surface area contributed by atoms with Crippen molar-refractivity contribution in [2.75, 3.05) is 20.1 Å². The summed E-state index contributed by atoms with van der Waals surface area (Å²) in [6.45, 7) is 7.04. The van der Waals surface area contributed by atoms with Crippen molar-refractivity contribution in [1.82, 2.24) is 10.2 Å². The average molecular weight is 230 g/mol. The normalized spacial score (nSPS) is 14.9. The Morgan fingerprint density at radius 2 is 2.00 bits per heavy atom. The lowest BCUT2D eigenvalue weighted by Gasteiger charge is -2.19. The molecule has 0 fully saturated rings. The molecule has 0 saturated heterocycles. The summed E-state index contributed by atoms with van der Waals surface area (Å²) < 4.78 is 0. The van der Waals surface area contributed by atoms with E-state index in [9.17, 15) is 4.79 Å². The number of amides is 1. The minimum absolute atomic E-state index is 0.0639. The lowest BCUT2D eigenvalue weighted by molar-refractivity contribution is -0.122. The zero-order chi connectivity index (χ0) is 12.6. The molecule has 4 heteroatoms. The first-order chi connectivity index (χ1) is 7.45. The summed E-state index contributed by atoms with van der Waals surface area (Å²) in [5, 5.41) is 12.1. The fraction of sp³-hybridized carbons (Fsp3) is 0.917. The molecular weight excluding hydrogens is 204 g/mol. The highest BCUT2D eigenvalue weighted by Gasteiger charge is 2.09. The SMILES string of the molecule is CCCC(C)NC(=O)CN(C)CCC(C)O. The van der Waals surface area contributed by atoms with Crippen LogP contribution in [0.5, 0.6) is 0 Å². The van der Waals surface area contributed by atoms with Crippen molar-refractivity contribution >= 4 is 5.91 Å². The van der Waals surface area contributed by atoms with Crippen molar-refractivity contribution in [2.45, 2.75) is 52.2 Å². The minimum atomic E-state index is -0.301. The topological polar surface area (TPSA) is 52.6 Å². The van der Waals surface area contributed by atoms with E-state index in [1.807, 2.05) is 18.9 Å². The van der Waals surface area contributed by atoms with Gasteiger partial charge in [0, 0.05) is 12.6 Å². The summed E-state index contributed by atoms with van der Waals surface area (Å²) in [7, 11) is 1.90. The van der Waals surface area contributed by atoms with Crippen molar-refractivity contribution < 1.29 is 9.90 Å².